The Morgan fingerprint density at radius 1 is 1.00 bits per heavy atom. The quantitative estimate of drug-likeness (QED) is 0.767. The summed E-state index contributed by atoms with van der Waals surface area (Å²) in [5.41, 5.74) is 0.217. The number of hydrogen-bond acceptors (Lipinski definition) is 3. The number of alkyl halides is 3. The Balaban J connectivity index is 2.19. The number of carbonyl (C=O) groups excluding carboxylic acids is 1. The van der Waals surface area contributed by atoms with E-state index in [0.717, 1.165) is 17.7 Å². The molecule has 0 aliphatic heterocycles. The van der Waals surface area contributed by atoms with Crippen molar-refractivity contribution in [2.24, 2.45) is 0 Å². The minimum atomic E-state index is -4.50. The zero-order valence-corrected chi connectivity index (χ0v) is 12.4. The molecule has 0 unspecified atom stereocenters. The first-order valence-corrected chi connectivity index (χ1v) is 6.86. The average molecular weight is 324 g/mol. The predicted molar refractivity (Wildman–Crippen MR) is 77.7 cm³/mol. The van der Waals surface area contributed by atoms with Crippen LogP contribution in [-0.4, -0.2) is 5.97 Å². The van der Waals surface area contributed by atoms with Crippen molar-refractivity contribution in [3.63, 3.8) is 0 Å². The van der Waals surface area contributed by atoms with Crippen molar-refractivity contribution in [3.8, 4) is 5.75 Å². The van der Waals surface area contributed by atoms with Gasteiger partial charge in [0.15, 0.2) is 0 Å². The summed E-state index contributed by atoms with van der Waals surface area (Å²) in [7, 11) is 0. The van der Waals surface area contributed by atoms with Crippen LogP contribution in [0.25, 0.3) is 0 Å². The molecule has 0 N–H and O–H groups in total. The molecule has 0 saturated heterocycles. The second kappa shape index (κ2) is 7.17. The molecule has 0 saturated carbocycles. The van der Waals surface area contributed by atoms with Crippen LogP contribution < -0.4 is 4.74 Å². The van der Waals surface area contributed by atoms with Gasteiger partial charge in [-0.2, -0.15) is 13.2 Å². The Labute approximate surface area is 131 Å². The lowest BCUT2D eigenvalue weighted by molar-refractivity contribution is -0.142. The highest BCUT2D eigenvalue weighted by atomic mass is 19.4. The molecule has 0 bridgehead atoms. The molecule has 6 heteroatoms. The van der Waals surface area contributed by atoms with Gasteiger partial charge in [0.05, 0.1) is 5.56 Å². The highest BCUT2D eigenvalue weighted by molar-refractivity contribution is 5.65. The molecule has 2 aromatic carbocycles. The summed E-state index contributed by atoms with van der Waals surface area (Å²) in [5.74, 6) is -0.486. The van der Waals surface area contributed by atoms with Crippen molar-refractivity contribution in [3.05, 3.63) is 65.2 Å². The van der Waals surface area contributed by atoms with Crippen LogP contribution in [0.15, 0.2) is 48.5 Å². The van der Waals surface area contributed by atoms with Crippen LogP contribution >= 0.6 is 0 Å². The van der Waals surface area contributed by atoms with Crippen LogP contribution in [0, 0.1) is 0 Å². The second-order valence-corrected chi connectivity index (χ2v) is 4.92. The summed E-state index contributed by atoms with van der Waals surface area (Å²) < 4.78 is 49.0. The molecule has 122 valence electrons. The van der Waals surface area contributed by atoms with E-state index in [9.17, 15) is 18.0 Å². The molecule has 23 heavy (non-hydrogen) atoms. The third-order valence-corrected chi connectivity index (χ3v) is 2.98. The number of rotatable bonds is 5. The number of halogens is 3. The van der Waals surface area contributed by atoms with E-state index >= 15 is 0 Å². The SMILES string of the molecule is CC(=O)OCc1cc(OCc2ccccc2)cc(C(F)(F)F)c1. The van der Waals surface area contributed by atoms with Crippen molar-refractivity contribution in [2.75, 3.05) is 0 Å². The van der Waals surface area contributed by atoms with Gasteiger partial charge >= 0.3 is 12.1 Å². The summed E-state index contributed by atoms with van der Waals surface area (Å²) in [5, 5.41) is 0. The molecule has 0 heterocycles. The summed E-state index contributed by atoms with van der Waals surface area (Å²) in [6.07, 6.45) is -4.50. The fraction of sp³-hybridized carbons (Fsp3) is 0.235. The van der Waals surface area contributed by atoms with Gasteiger partial charge in [-0.25, -0.2) is 0 Å². The van der Waals surface area contributed by atoms with Crippen LogP contribution in [-0.2, 0) is 28.9 Å². The number of carbonyl (C=O) groups is 1. The highest BCUT2D eigenvalue weighted by Crippen LogP contribution is 2.33. The van der Waals surface area contributed by atoms with Gasteiger partial charge in [-0.1, -0.05) is 30.3 Å². The van der Waals surface area contributed by atoms with Crippen molar-refractivity contribution in [2.45, 2.75) is 26.3 Å². The summed E-state index contributed by atoms with van der Waals surface area (Å²) in [6.45, 7) is 1.11. The topological polar surface area (TPSA) is 35.5 Å². The lowest BCUT2D eigenvalue weighted by Crippen LogP contribution is -2.08. The monoisotopic (exact) mass is 324 g/mol. The fourth-order valence-corrected chi connectivity index (χ4v) is 1.92. The first kappa shape index (κ1) is 16.9. The van der Waals surface area contributed by atoms with E-state index in [0.29, 0.717) is 0 Å². The van der Waals surface area contributed by atoms with Gasteiger partial charge in [0.2, 0.25) is 0 Å². The molecule has 0 aliphatic rings. The van der Waals surface area contributed by atoms with E-state index in [2.05, 4.69) is 0 Å². The summed E-state index contributed by atoms with van der Waals surface area (Å²) in [6, 6.07) is 12.4. The van der Waals surface area contributed by atoms with E-state index in [1.807, 2.05) is 30.3 Å². The molecule has 0 radical (unpaired) electrons. The second-order valence-electron chi connectivity index (χ2n) is 4.92. The van der Waals surface area contributed by atoms with Gasteiger partial charge in [-0.15, -0.1) is 0 Å². The summed E-state index contributed by atoms with van der Waals surface area (Å²) in [4.78, 5) is 10.8. The molecular weight excluding hydrogens is 309 g/mol. The minimum Gasteiger partial charge on any atom is -0.489 e. The van der Waals surface area contributed by atoms with Crippen LogP contribution in [0.5, 0.6) is 5.75 Å². The number of hydrogen-bond donors (Lipinski definition) is 0. The molecule has 0 aromatic heterocycles. The van der Waals surface area contributed by atoms with Gasteiger partial charge in [0.1, 0.15) is 19.0 Å². The van der Waals surface area contributed by atoms with Crippen molar-refractivity contribution < 1.29 is 27.4 Å². The first-order valence-electron chi connectivity index (χ1n) is 6.86. The average Bonchev–Trinajstić information content (AvgIpc) is 2.51. The standard InChI is InChI=1S/C17H15F3O3/c1-12(21)22-11-14-7-15(17(18,19)20)9-16(8-14)23-10-13-5-3-2-4-6-13/h2-9H,10-11H2,1H3. The fourth-order valence-electron chi connectivity index (χ4n) is 1.92. The van der Waals surface area contributed by atoms with Crippen LogP contribution in [0.3, 0.4) is 0 Å². The molecule has 3 nitrogen and oxygen atoms in total. The Hall–Kier alpha value is -2.50. The third-order valence-electron chi connectivity index (χ3n) is 2.98. The van der Waals surface area contributed by atoms with Gasteiger partial charge in [0, 0.05) is 6.92 Å². The van der Waals surface area contributed by atoms with E-state index in [4.69, 9.17) is 9.47 Å². The lowest BCUT2D eigenvalue weighted by atomic mass is 10.1. The van der Waals surface area contributed by atoms with Gasteiger partial charge in [-0.05, 0) is 29.3 Å². The number of ether oxygens (including phenoxy) is 2. The maximum atomic E-state index is 12.9. The van der Waals surface area contributed by atoms with Crippen LogP contribution in [0.2, 0.25) is 0 Å². The van der Waals surface area contributed by atoms with E-state index in [1.165, 1.54) is 13.0 Å². The maximum absolute atomic E-state index is 12.9. The van der Waals surface area contributed by atoms with E-state index in [1.54, 1.807) is 0 Å². The van der Waals surface area contributed by atoms with E-state index in [-0.39, 0.29) is 24.5 Å². The normalized spacial score (nSPS) is 11.1. The Morgan fingerprint density at radius 3 is 2.30 bits per heavy atom. The highest BCUT2D eigenvalue weighted by Gasteiger charge is 2.31. The predicted octanol–water partition coefficient (Wildman–Crippen LogP) is 4.35. The van der Waals surface area contributed by atoms with Crippen LogP contribution in [0.4, 0.5) is 13.2 Å². The Morgan fingerprint density at radius 2 is 1.70 bits per heavy atom. The molecule has 0 atom stereocenters. The van der Waals surface area contributed by atoms with Crippen molar-refractivity contribution >= 4 is 5.97 Å². The van der Waals surface area contributed by atoms with E-state index < -0.39 is 17.7 Å². The zero-order chi connectivity index (χ0) is 16.9. The van der Waals surface area contributed by atoms with Crippen molar-refractivity contribution in [1.82, 2.24) is 0 Å². The lowest BCUT2D eigenvalue weighted by Gasteiger charge is -2.13. The molecule has 0 fully saturated rings. The zero-order valence-electron chi connectivity index (χ0n) is 12.4. The maximum Gasteiger partial charge on any atom is 0.416 e. The smallest absolute Gasteiger partial charge is 0.416 e. The molecule has 0 amide bonds. The van der Waals surface area contributed by atoms with Gasteiger partial charge < -0.3 is 9.47 Å². The summed E-state index contributed by atoms with van der Waals surface area (Å²) >= 11 is 0. The largest absolute Gasteiger partial charge is 0.489 e. The number of esters is 1. The Kier molecular flexibility index (Phi) is 5.26. The molecule has 0 spiro atoms. The van der Waals surface area contributed by atoms with Gasteiger partial charge in [-0.3, -0.25) is 4.79 Å². The third kappa shape index (κ3) is 5.32. The van der Waals surface area contributed by atoms with Gasteiger partial charge in [0.25, 0.3) is 0 Å². The van der Waals surface area contributed by atoms with Crippen molar-refractivity contribution in [1.29, 1.82) is 0 Å². The first-order chi connectivity index (χ1) is 10.8. The molecule has 2 rings (SSSR count). The number of benzene rings is 2. The minimum absolute atomic E-state index is 0.0748. The van der Waals surface area contributed by atoms with Crippen LogP contribution in [0.1, 0.15) is 23.6 Å². The molecular formula is C17H15F3O3. The Bertz CT molecular complexity index is 667. The molecule has 2 aromatic rings. The molecule has 0 aliphatic carbocycles.